The molecule has 0 bridgehead atoms. The Bertz CT molecular complexity index is 540. The molecule has 1 aromatic rings. The summed E-state index contributed by atoms with van der Waals surface area (Å²) in [6.07, 6.45) is 0. The van der Waals surface area contributed by atoms with E-state index in [2.05, 4.69) is 5.32 Å². The Balaban J connectivity index is 3.05. The van der Waals surface area contributed by atoms with Crippen molar-refractivity contribution in [2.45, 2.75) is 44.5 Å². The molecule has 7 heteroatoms. The van der Waals surface area contributed by atoms with Crippen LogP contribution < -0.4 is 5.32 Å². The number of nitrogens with zero attached hydrogens (tertiary/aromatic N) is 1. The molecule has 21 heavy (non-hydrogen) atoms. The smallest absolute Gasteiger partial charge is 0.252 e. The molecule has 0 fully saturated rings. The van der Waals surface area contributed by atoms with Crippen LogP contribution in [0.25, 0.3) is 0 Å². The first-order chi connectivity index (χ1) is 9.88. The van der Waals surface area contributed by atoms with Crippen molar-refractivity contribution in [2.24, 2.45) is 0 Å². The predicted molar refractivity (Wildman–Crippen MR) is 87.3 cm³/mol. The summed E-state index contributed by atoms with van der Waals surface area (Å²) in [6, 6.07) is 1.60. The molecule has 1 heterocycles. The predicted octanol–water partition coefficient (Wildman–Crippen LogP) is 2.21. The summed E-state index contributed by atoms with van der Waals surface area (Å²) in [4.78, 5) is 1.07. The third-order valence-electron chi connectivity index (χ3n) is 3.31. The molecule has 122 valence electrons. The number of methoxy groups -OCH3 is 1. The summed E-state index contributed by atoms with van der Waals surface area (Å²) in [7, 11) is -1.87. The minimum atomic E-state index is -3.46. The van der Waals surface area contributed by atoms with E-state index in [9.17, 15) is 8.42 Å². The molecule has 5 nitrogen and oxygen atoms in total. The average molecular weight is 335 g/mol. The van der Waals surface area contributed by atoms with E-state index < -0.39 is 10.0 Å². The van der Waals surface area contributed by atoms with Gasteiger partial charge in [0.15, 0.2) is 0 Å². The van der Waals surface area contributed by atoms with Crippen LogP contribution in [0.5, 0.6) is 0 Å². The molecule has 0 aliphatic carbocycles. The quantitative estimate of drug-likeness (QED) is 0.752. The maximum atomic E-state index is 12.8. The molecule has 1 atom stereocenters. The number of rotatable bonds is 9. The van der Waals surface area contributed by atoms with E-state index in [-0.39, 0.29) is 6.04 Å². The molecule has 1 unspecified atom stereocenters. The zero-order chi connectivity index (χ0) is 16.0. The van der Waals surface area contributed by atoms with Gasteiger partial charge in [-0.25, -0.2) is 8.42 Å². The summed E-state index contributed by atoms with van der Waals surface area (Å²) in [5.74, 6) is 0. The highest BCUT2D eigenvalue weighted by atomic mass is 32.2. The van der Waals surface area contributed by atoms with E-state index in [1.54, 1.807) is 13.2 Å². The number of hydrogen-bond acceptors (Lipinski definition) is 5. The SMILES string of the molecule is CCNCc1sc(S(=O)(=O)N(CC)C(C)COC)cc1C. The van der Waals surface area contributed by atoms with Crippen molar-refractivity contribution in [3.8, 4) is 0 Å². The van der Waals surface area contributed by atoms with Crippen LogP contribution >= 0.6 is 11.3 Å². The molecule has 0 saturated carbocycles. The first kappa shape index (κ1) is 18.6. The third-order valence-corrected chi connectivity index (χ3v) is 7.08. The second kappa shape index (κ2) is 8.24. The minimum Gasteiger partial charge on any atom is -0.383 e. The summed E-state index contributed by atoms with van der Waals surface area (Å²) >= 11 is 1.35. The third kappa shape index (κ3) is 4.50. The van der Waals surface area contributed by atoms with Crippen LogP contribution in [0.4, 0.5) is 0 Å². The Kier molecular flexibility index (Phi) is 7.29. The highest BCUT2D eigenvalue weighted by Gasteiger charge is 2.29. The Morgan fingerprint density at radius 2 is 2.10 bits per heavy atom. The number of nitrogens with one attached hydrogen (secondary N) is 1. The molecule has 0 spiro atoms. The number of hydrogen-bond donors (Lipinski definition) is 1. The fraction of sp³-hybridized carbons (Fsp3) is 0.714. The van der Waals surface area contributed by atoms with Crippen LogP contribution in [-0.4, -0.2) is 45.6 Å². The van der Waals surface area contributed by atoms with Crippen molar-refractivity contribution in [3.05, 3.63) is 16.5 Å². The van der Waals surface area contributed by atoms with E-state index in [1.807, 2.05) is 27.7 Å². The second-order valence-corrected chi connectivity index (χ2v) is 8.22. The van der Waals surface area contributed by atoms with E-state index >= 15 is 0 Å². The van der Waals surface area contributed by atoms with Gasteiger partial charge < -0.3 is 10.1 Å². The Morgan fingerprint density at radius 3 is 2.62 bits per heavy atom. The maximum absolute atomic E-state index is 12.8. The number of ether oxygens (including phenoxy) is 1. The molecular weight excluding hydrogens is 308 g/mol. The number of thiophene rings is 1. The average Bonchev–Trinajstić information content (AvgIpc) is 2.79. The minimum absolute atomic E-state index is 0.176. The molecule has 1 N–H and O–H groups in total. The Hall–Kier alpha value is -0.470. The van der Waals surface area contributed by atoms with Gasteiger partial charge in [-0.1, -0.05) is 13.8 Å². The first-order valence-corrected chi connectivity index (χ1v) is 9.44. The second-order valence-electron chi connectivity index (χ2n) is 4.96. The zero-order valence-corrected chi connectivity index (χ0v) is 15.1. The molecule has 0 amide bonds. The highest BCUT2D eigenvalue weighted by Crippen LogP contribution is 2.29. The number of aryl methyl sites for hydroxylation is 1. The molecule has 1 rings (SSSR count). The Morgan fingerprint density at radius 1 is 1.43 bits per heavy atom. The van der Waals surface area contributed by atoms with Gasteiger partial charge in [0, 0.05) is 31.1 Å². The maximum Gasteiger partial charge on any atom is 0.252 e. The number of likely N-dealkylation sites (N-methyl/N-ethyl adjacent to an activating group) is 1. The lowest BCUT2D eigenvalue weighted by Gasteiger charge is -2.25. The van der Waals surface area contributed by atoms with Gasteiger partial charge in [-0.15, -0.1) is 11.3 Å². The van der Waals surface area contributed by atoms with E-state index in [0.29, 0.717) is 23.9 Å². The lowest BCUT2D eigenvalue weighted by Crippen LogP contribution is -2.40. The lowest BCUT2D eigenvalue weighted by molar-refractivity contribution is 0.143. The van der Waals surface area contributed by atoms with Gasteiger partial charge in [-0.05, 0) is 32.0 Å². The van der Waals surface area contributed by atoms with Gasteiger partial charge in [0.05, 0.1) is 6.61 Å². The summed E-state index contributed by atoms with van der Waals surface area (Å²) in [6.45, 7) is 10.1. The fourth-order valence-corrected chi connectivity index (χ4v) is 5.50. The zero-order valence-electron chi connectivity index (χ0n) is 13.5. The van der Waals surface area contributed by atoms with Gasteiger partial charge in [-0.2, -0.15) is 4.31 Å². The van der Waals surface area contributed by atoms with Gasteiger partial charge >= 0.3 is 0 Å². The normalized spacial score (nSPS) is 13.8. The van der Waals surface area contributed by atoms with Crippen molar-refractivity contribution in [3.63, 3.8) is 0 Å². The highest BCUT2D eigenvalue weighted by molar-refractivity contribution is 7.91. The largest absolute Gasteiger partial charge is 0.383 e. The summed E-state index contributed by atoms with van der Waals surface area (Å²) < 4.78 is 32.6. The van der Waals surface area contributed by atoms with Gasteiger partial charge in [0.2, 0.25) is 0 Å². The van der Waals surface area contributed by atoms with Crippen molar-refractivity contribution in [1.82, 2.24) is 9.62 Å². The van der Waals surface area contributed by atoms with Crippen LogP contribution in [-0.2, 0) is 21.3 Å². The molecule has 1 aromatic heterocycles. The first-order valence-electron chi connectivity index (χ1n) is 7.19. The van der Waals surface area contributed by atoms with Crippen LogP contribution in [0.2, 0.25) is 0 Å². The molecule has 0 saturated heterocycles. The van der Waals surface area contributed by atoms with Crippen molar-refractivity contribution < 1.29 is 13.2 Å². The van der Waals surface area contributed by atoms with Crippen LogP contribution in [0.15, 0.2) is 10.3 Å². The van der Waals surface area contributed by atoms with Gasteiger partial charge in [-0.3, -0.25) is 0 Å². The Labute approximate surface area is 132 Å². The van der Waals surface area contributed by atoms with Crippen LogP contribution in [0, 0.1) is 6.92 Å². The molecular formula is C14H26N2O3S2. The van der Waals surface area contributed by atoms with Crippen LogP contribution in [0.1, 0.15) is 31.2 Å². The monoisotopic (exact) mass is 334 g/mol. The topological polar surface area (TPSA) is 58.6 Å². The van der Waals surface area contributed by atoms with Crippen LogP contribution in [0.3, 0.4) is 0 Å². The van der Waals surface area contributed by atoms with E-state index in [4.69, 9.17) is 4.74 Å². The van der Waals surface area contributed by atoms with Crippen molar-refractivity contribution >= 4 is 21.4 Å². The molecule has 0 aliphatic rings. The number of sulfonamides is 1. The van der Waals surface area contributed by atoms with Crippen molar-refractivity contribution in [2.75, 3.05) is 26.8 Å². The van der Waals surface area contributed by atoms with Gasteiger partial charge in [0.25, 0.3) is 10.0 Å². The van der Waals surface area contributed by atoms with Crippen molar-refractivity contribution in [1.29, 1.82) is 0 Å². The van der Waals surface area contributed by atoms with E-state index in [1.165, 1.54) is 15.6 Å². The molecule has 0 radical (unpaired) electrons. The molecule has 0 aromatic carbocycles. The van der Waals surface area contributed by atoms with Gasteiger partial charge in [0.1, 0.15) is 4.21 Å². The fourth-order valence-electron chi connectivity index (χ4n) is 2.19. The van der Waals surface area contributed by atoms with E-state index in [0.717, 1.165) is 17.0 Å². The standard InChI is InChI=1S/C14H26N2O3S2/c1-6-15-9-13-11(3)8-14(20-13)21(17,18)16(7-2)12(4)10-19-5/h8,12,15H,6-7,9-10H2,1-5H3. The summed E-state index contributed by atoms with van der Waals surface area (Å²) in [5, 5.41) is 3.24. The molecule has 0 aliphatic heterocycles. The summed E-state index contributed by atoms with van der Waals surface area (Å²) in [5.41, 5.74) is 1.02. The lowest BCUT2D eigenvalue weighted by atomic mass is 10.3.